The number of hydrogen-bond acceptors (Lipinski definition) is 3. The lowest BCUT2D eigenvalue weighted by atomic mass is 10.3. The van der Waals surface area contributed by atoms with E-state index in [9.17, 15) is 18.0 Å². The molecule has 0 spiro atoms. The van der Waals surface area contributed by atoms with Crippen molar-refractivity contribution >= 4 is 47.2 Å². The van der Waals surface area contributed by atoms with E-state index in [0.717, 1.165) is 11.9 Å². The van der Waals surface area contributed by atoms with E-state index in [1.165, 1.54) is 7.05 Å². The molecule has 1 rings (SSSR count). The first-order valence-corrected chi connectivity index (χ1v) is 7.42. The molecule has 0 aliphatic heterocycles. The van der Waals surface area contributed by atoms with Gasteiger partial charge in [0.1, 0.15) is 6.54 Å². The van der Waals surface area contributed by atoms with E-state index >= 15 is 0 Å². The summed E-state index contributed by atoms with van der Waals surface area (Å²) in [5.41, 5.74) is 0. The molecule has 1 unspecified atom stereocenters. The van der Waals surface area contributed by atoms with Crippen LogP contribution in [0.1, 0.15) is 17.8 Å². The molecule has 0 fully saturated rings. The summed E-state index contributed by atoms with van der Waals surface area (Å²) in [4.78, 5) is 17.3. The van der Waals surface area contributed by atoms with Gasteiger partial charge in [0.15, 0.2) is 5.96 Å². The van der Waals surface area contributed by atoms with Crippen molar-refractivity contribution in [3.8, 4) is 0 Å². The second-order valence-corrected chi connectivity index (χ2v) is 5.65. The number of thiophene rings is 1. The number of halogens is 4. The predicted molar refractivity (Wildman–Crippen MR) is 96.3 cm³/mol. The Hall–Kier alpha value is -1.04. The number of carbonyl (C=O) groups is 1. The second kappa shape index (κ2) is 9.96. The molecule has 0 aliphatic rings. The van der Waals surface area contributed by atoms with E-state index in [-0.39, 0.29) is 36.6 Å². The van der Waals surface area contributed by atoms with Gasteiger partial charge in [-0.2, -0.15) is 13.2 Å². The Kier molecular flexibility index (Phi) is 9.51. The molecule has 132 valence electrons. The van der Waals surface area contributed by atoms with E-state index in [2.05, 4.69) is 15.6 Å². The zero-order valence-electron chi connectivity index (χ0n) is 13.0. The molecule has 0 aromatic carbocycles. The van der Waals surface area contributed by atoms with Crippen molar-refractivity contribution in [1.29, 1.82) is 0 Å². The van der Waals surface area contributed by atoms with E-state index in [1.807, 2.05) is 24.4 Å². The Morgan fingerprint density at radius 3 is 2.61 bits per heavy atom. The fourth-order valence-corrected chi connectivity index (χ4v) is 2.39. The lowest BCUT2D eigenvalue weighted by Gasteiger charge is -2.21. The number of nitrogens with one attached hydrogen (secondary N) is 2. The Labute approximate surface area is 154 Å². The zero-order valence-corrected chi connectivity index (χ0v) is 16.1. The fourth-order valence-electron chi connectivity index (χ4n) is 1.66. The van der Waals surface area contributed by atoms with Crippen LogP contribution in [0.5, 0.6) is 0 Å². The van der Waals surface area contributed by atoms with Crippen molar-refractivity contribution < 1.29 is 18.0 Å². The SMILES string of the molecule is CN=C(NCC(=O)N(C)CC(F)(F)F)NC(C)c1cccs1.I. The molecule has 10 heteroatoms. The Morgan fingerprint density at radius 1 is 1.48 bits per heavy atom. The normalized spacial score (nSPS) is 13.0. The van der Waals surface area contributed by atoms with Crippen LogP contribution in [-0.4, -0.2) is 50.1 Å². The molecule has 0 bridgehead atoms. The minimum Gasteiger partial charge on any atom is -0.349 e. The number of likely N-dealkylation sites (N-methyl/N-ethyl adjacent to an activating group) is 1. The Bertz CT molecular complexity index is 508. The summed E-state index contributed by atoms with van der Waals surface area (Å²) in [7, 11) is 2.64. The lowest BCUT2D eigenvalue weighted by molar-refractivity contribution is -0.157. The molecule has 1 heterocycles. The highest BCUT2D eigenvalue weighted by Gasteiger charge is 2.31. The van der Waals surface area contributed by atoms with Gasteiger partial charge in [-0.1, -0.05) is 6.07 Å². The van der Waals surface area contributed by atoms with Crippen molar-refractivity contribution in [2.75, 3.05) is 27.2 Å². The predicted octanol–water partition coefficient (Wildman–Crippen LogP) is 2.61. The van der Waals surface area contributed by atoms with Gasteiger partial charge in [0, 0.05) is 19.0 Å². The first-order chi connectivity index (χ1) is 10.2. The van der Waals surface area contributed by atoms with Gasteiger partial charge in [0.2, 0.25) is 5.91 Å². The van der Waals surface area contributed by atoms with Gasteiger partial charge in [-0.15, -0.1) is 35.3 Å². The number of alkyl halides is 3. The summed E-state index contributed by atoms with van der Waals surface area (Å²) in [6, 6.07) is 3.86. The molecule has 1 atom stereocenters. The summed E-state index contributed by atoms with van der Waals surface area (Å²) < 4.78 is 36.6. The molecule has 2 N–H and O–H groups in total. The lowest BCUT2D eigenvalue weighted by Crippen LogP contribution is -2.46. The maximum absolute atomic E-state index is 12.2. The highest BCUT2D eigenvalue weighted by molar-refractivity contribution is 14.0. The summed E-state index contributed by atoms with van der Waals surface area (Å²) in [6.07, 6.45) is -4.40. The molecule has 5 nitrogen and oxygen atoms in total. The molecule has 0 saturated carbocycles. The molecule has 1 amide bonds. The van der Waals surface area contributed by atoms with Crippen molar-refractivity contribution in [3.63, 3.8) is 0 Å². The molecule has 0 radical (unpaired) electrons. The van der Waals surface area contributed by atoms with Crippen LogP contribution in [-0.2, 0) is 4.79 Å². The van der Waals surface area contributed by atoms with Crippen LogP contribution in [0.2, 0.25) is 0 Å². The van der Waals surface area contributed by atoms with Gasteiger partial charge in [-0.25, -0.2) is 0 Å². The van der Waals surface area contributed by atoms with Crippen LogP contribution in [0.4, 0.5) is 13.2 Å². The van der Waals surface area contributed by atoms with Gasteiger partial charge in [-0.05, 0) is 18.4 Å². The number of nitrogens with zero attached hydrogens (tertiary/aromatic N) is 2. The topological polar surface area (TPSA) is 56.7 Å². The van der Waals surface area contributed by atoms with Crippen LogP contribution in [0.3, 0.4) is 0 Å². The van der Waals surface area contributed by atoms with Gasteiger partial charge >= 0.3 is 6.18 Å². The molecule has 23 heavy (non-hydrogen) atoms. The monoisotopic (exact) mass is 464 g/mol. The van der Waals surface area contributed by atoms with Crippen molar-refractivity contribution in [2.45, 2.75) is 19.1 Å². The van der Waals surface area contributed by atoms with Crippen molar-refractivity contribution in [1.82, 2.24) is 15.5 Å². The highest BCUT2D eigenvalue weighted by Crippen LogP contribution is 2.18. The first-order valence-electron chi connectivity index (χ1n) is 6.54. The van der Waals surface area contributed by atoms with E-state index in [1.54, 1.807) is 11.3 Å². The van der Waals surface area contributed by atoms with E-state index < -0.39 is 18.6 Å². The second-order valence-electron chi connectivity index (χ2n) is 4.67. The number of aliphatic imine (C=N–C) groups is 1. The number of carbonyl (C=O) groups excluding carboxylic acids is 1. The molecule has 0 saturated heterocycles. The van der Waals surface area contributed by atoms with E-state index in [0.29, 0.717) is 10.9 Å². The van der Waals surface area contributed by atoms with Gasteiger partial charge in [-0.3, -0.25) is 9.79 Å². The average molecular weight is 464 g/mol. The highest BCUT2D eigenvalue weighted by atomic mass is 127. The smallest absolute Gasteiger partial charge is 0.349 e. The summed E-state index contributed by atoms with van der Waals surface area (Å²) in [6.45, 7) is 0.394. The van der Waals surface area contributed by atoms with Crippen molar-refractivity contribution in [3.05, 3.63) is 22.4 Å². The van der Waals surface area contributed by atoms with Crippen LogP contribution in [0.25, 0.3) is 0 Å². The minimum atomic E-state index is -4.40. The van der Waals surface area contributed by atoms with Crippen LogP contribution in [0.15, 0.2) is 22.5 Å². The van der Waals surface area contributed by atoms with Crippen LogP contribution < -0.4 is 10.6 Å². The molecule has 0 aliphatic carbocycles. The third-order valence-electron chi connectivity index (χ3n) is 2.80. The van der Waals surface area contributed by atoms with E-state index in [4.69, 9.17) is 0 Å². The van der Waals surface area contributed by atoms with Crippen LogP contribution in [0, 0.1) is 0 Å². The first kappa shape index (κ1) is 22.0. The quantitative estimate of drug-likeness (QED) is 0.401. The van der Waals surface area contributed by atoms with Crippen LogP contribution >= 0.6 is 35.3 Å². The third-order valence-corrected chi connectivity index (χ3v) is 3.85. The number of rotatable bonds is 5. The largest absolute Gasteiger partial charge is 0.406 e. The summed E-state index contributed by atoms with van der Waals surface area (Å²) in [5.74, 6) is -0.307. The third kappa shape index (κ3) is 8.39. The Morgan fingerprint density at radius 2 is 2.13 bits per heavy atom. The zero-order chi connectivity index (χ0) is 16.8. The Balaban J connectivity index is 0.00000484. The maximum Gasteiger partial charge on any atom is 0.406 e. The minimum absolute atomic E-state index is 0. The average Bonchev–Trinajstić information content (AvgIpc) is 2.94. The molecular formula is C13H20F3IN4OS. The summed E-state index contributed by atoms with van der Waals surface area (Å²) in [5, 5.41) is 7.73. The van der Waals surface area contributed by atoms with Gasteiger partial charge in [0.05, 0.1) is 12.6 Å². The van der Waals surface area contributed by atoms with Crippen molar-refractivity contribution in [2.24, 2.45) is 4.99 Å². The maximum atomic E-state index is 12.2. The van der Waals surface area contributed by atoms with Gasteiger partial charge < -0.3 is 15.5 Å². The molecule has 1 aromatic rings. The summed E-state index contributed by atoms with van der Waals surface area (Å²) >= 11 is 1.57. The standard InChI is InChI=1S/C13H19F3N4OS.HI/c1-9(10-5-4-6-22-10)19-12(17-2)18-7-11(21)20(3)8-13(14,15)16;/h4-6,9H,7-8H2,1-3H3,(H2,17,18,19);1H. The molecule has 1 aromatic heterocycles. The fraction of sp³-hybridized carbons (Fsp3) is 0.538. The molecular weight excluding hydrogens is 444 g/mol. The van der Waals surface area contributed by atoms with Gasteiger partial charge in [0.25, 0.3) is 0 Å². The number of amides is 1. The number of guanidine groups is 1. The number of hydrogen-bond donors (Lipinski definition) is 2.